The monoisotopic (exact) mass is 347 g/mol. The zero-order valence-corrected chi connectivity index (χ0v) is 13.9. The van der Waals surface area contributed by atoms with Crippen molar-refractivity contribution in [3.63, 3.8) is 0 Å². The lowest BCUT2D eigenvalue weighted by molar-refractivity contribution is -0.120. The number of amides is 1. The van der Waals surface area contributed by atoms with Gasteiger partial charge in [-0.25, -0.2) is 9.82 Å². The van der Waals surface area contributed by atoms with E-state index in [1.165, 1.54) is 17.1 Å². The van der Waals surface area contributed by atoms with Gasteiger partial charge in [0, 0.05) is 18.0 Å². The Labute approximate surface area is 143 Å². The number of carbonyl (C=O) groups excluding carboxylic acids is 1. The number of hydrogen-bond acceptors (Lipinski definition) is 5. The van der Waals surface area contributed by atoms with E-state index >= 15 is 0 Å². The minimum absolute atomic E-state index is 0.168. The Hall–Kier alpha value is -2.25. The molecule has 1 aromatic heterocycles. The van der Waals surface area contributed by atoms with Crippen LogP contribution in [0.4, 0.5) is 9.39 Å². The summed E-state index contributed by atoms with van der Waals surface area (Å²) in [6.45, 7) is 3.29. The SMILES string of the molecule is O=C(Cc1ccc(F)cc1)N/N=C/c1ccc(N2CCOCC2)s1. The zero-order chi connectivity index (χ0) is 16.8. The standard InChI is InChI=1S/C17H18FN3O2S/c18-14-3-1-13(2-4-14)11-16(22)20-19-12-15-5-6-17(24-15)21-7-9-23-10-8-21/h1-6,12H,7-11H2,(H,20,22)/b19-12+. The van der Waals surface area contributed by atoms with E-state index in [0.717, 1.165) is 36.7 Å². The Morgan fingerprint density at radius 3 is 2.75 bits per heavy atom. The van der Waals surface area contributed by atoms with Crippen LogP contribution in [0.15, 0.2) is 41.5 Å². The van der Waals surface area contributed by atoms with Crippen molar-refractivity contribution in [2.24, 2.45) is 5.10 Å². The lowest BCUT2D eigenvalue weighted by Crippen LogP contribution is -2.35. The molecule has 0 saturated carbocycles. The molecule has 1 N–H and O–H groups in total. The third-order valence-electron chi connectivity index (χ3n) is 3.59. The molecule has 0 atom stereocenters. The van der Waals surface area contributed by atoms with Crippen LogP contribution in [0.3, 0.4) is 0 Å². The normalized spacial score (nSPS) is 15.0. The predicted octanol–water partition coefficient (Wildman–Crippen LogP) is 2.42. The van der Waals surface area contributed by atoms with E-state index in [0.29, 0.717) is 0 Å². The van der Waals surface area contributed by atoms with Gasteiger partial charge in [0.2, 0.25) is 5.91 Å². The molecule has 1 saturated heterocycles. The molecular formula is C17H18FN3O2S. The Bertz CT molecular complexity index is 709. The number of halogens is 1. The van der Waals surface area contributed by atoms with Gasteiger partial charge in [-0.2, -0.15) is 5.10 Å². The summed E-state index contributed by atoms with van der Waals surface area (Å²) in [6.07, 6.45) is 1.80. The smallest absolute Gasteiger partial charge is 0.244 e. The second-order valence-corrected chi connectivity index (χ2v) is 6.47. The highest BCUT2D eigenvalue weighted by atomic mass is 32.1. The van der Waals surface area contributed by atoms with Crippen LogP contribution in [0.5, 0.6) is 0 Å². The van der Waals surface area contributed by atoms with E-state index in [9.17, 15) is 9.18 Å². The van der Waals surface area contributed by atoms with Gasteiger partial charge in [0.15, 0.2) is 0 Å². The van der Waals surface area contributed by atoms with Gasteiger partial charge < -0.3 is 9.64 Å². The lowest BCUT2D eigenvalue weighted by Gasteiger charge is -2.27. The van der Waals surface area contributed by atoms with Crippen molar-refractivity contribution < 1.29 is 13.9 Å². The molecule has 3 rings (SSSR count). The summed E-state index contributed by atoms with van der Waals surface area (Å²) >= 11 is 1.62. The molecule has 0 radical (unpaired) electrons. The van der Waals surface area contributed by atoms with Gasteiger partial charge in [-0.3, -0.25) is 4.79 Å². The van der Waals surface area contributed by atoms with Gasteiger partial charge in [-0.15, -0.1) is 11.3 Å². The van der Waals surface area contributed by atoms with E-state index in [4.69, 9.17) is 4.74 Å². The van der Waals surface area contributed by atoms with Crippen LogP contribution in [0.2, 0.25) is 0 Å². The highest BCUT2D eigenvalue weighted by Crippen LogP contribution is 2.25. The highest BCUT2D eigenvalue weighted by Gasteiger charge is 2.12. The molecule has 24 heavy (non-hydrogen) atoms. The summed E-state index contributed by atoms with van der Waals surface area (Å²) in [4.78, 5) is 15.1. The summed E-state index contributed by atoms with van der Waals surface area (Å²) in [5, 5.41) is 5.16. The molecule has 0 spiro atoms. The largest absolute Gasteiger partial charge is 0.378 e. The van der Waals surface area contributed by atoms with Crippen molar-refractivity contribution in [3.05, 3.63) is 52.7 Å². The van der Waals surface area contributed by atoms with Gasteiger partial charge in [-0.1, -0.05) is 12.1 Å². The zero-order valence-electron chi connectivity index (χ0n) is 13.1. The molecule has 1 aliphatic heterocycles. The van der Waals surface area contributed by atoms with Gasteiger partial charge in [0.1, 0.15) is 5.82 Å². The molecule has 7 heteroatoms. The Morgan fingerprint density at radius 2 is 2.00 bits per heavy atom. The van der Waals surface area contributed by atoms with Crippen molar-refractivity contribution in [1.82, 2.24) is 5.43 Å². The molecule has 2 heterocycles. The van der Waals surface area contributed by atoms with Crippen molar-refractivity contribution in [3.8, 4) is 0 Å². The van der Waals surface area contributed by atoms with E-state index in [2.05, 4.69) is 21.5 Å². The van der Waals surface area contributed by atoms with Crippen LogP contribution in [0, 0.1) is 5.82 Å². The number of rotatable bonds is 5. The first kappa shape index (κ1) is 16.6. The topological polar surface area (TPSA) is 53.9 Å². The number of nitrogens with one attached hydrogen (secondary N) is 1. The van der Waals surface area contributed by atoms with Crippen LogP contribution in [0.1, 0.15) is 10.4 Å². The summed E-state index contributed by atoms with van der Waals surface area (Å²) in [6, 6.07) is 9.89. The van der Waals surface area contributed by atoms with Crippen molar-refractivity contribution >= 4 is 28.5 Å². The average molecular weight is 347 g/mol. The quantitative estimate of drug-likeness (QED) is 0.668. The number of nitrogens with zero attached hydrogens (tertiary/aromatic N) is 2. The number of thiophene rings is 1. The van der Waals surface area contributed by atoms with Crippen LogP contribution < -0.4 is 10.3 Å². The molecule has 1 amide bonds. The van der Waals surface area contributed by atoms with Gasteiger partial charge in [0.25, 0.3) is 0 Å². The maximum Gasteiger partial charge on any atom is 0.244 e. The van der Waals surface area contributed by atoms with E-state index < -0.39 is 0 Å². The third-order valence-corrected chi connectivity index (χ3v) is 4.67. The Morgan fingerprint density at radius 1 is 1.25 bits per heavy atom. The molecular weight excluding hydrogens is 329 g/mol. The van der Waals surface area contributed by atoms with Crippen LogP contribution in [0.25, 0.3) is 0 Å². The van der Waals surface area contributed by atoms with Gasteiger partial charge >= 0.3 is 0 Å². The Kier molecular flexibility index (Phi) is 5.55. The molecule has 0 unspecified atom stereocenters. The molecule has 2 aromatic rings. The number of benzene rings is 1. The second kappa shape index (κ2) is 8.03. The third kappa shape index (κ3) is 4.62. The first-order valence-electron chi connectivity index (χ1n) is 7.69. The minimum Gasteiger partial charge on any atom is -0.378 e. The molecule has 1 aromatic carbocycles. The number of hydrazone groups is 1. The number of hydrogen-bond donors (Lipinski definition) is 1. The maximum absolute atomic E-state index is 12.8. The minimum atomic E-state index is -0.314. The van der Waals surface area contributed by atoms with Crippen molar-refractivity contribution in [2.75, 3.05) is 31.2 Å². The van der Waals surface area contributed by atoms with Crippen molar-refractivity contribution in [1.29, 1.82) is 0 Å². The average Bonchev–Trinajstić information content (AvgIpc) is 3.07. The first-order chi connectivity index (χ1) is 11.7. The van der Waals surface area contributed by atoms with Crippen LogP contribution in [-0.4, -0.2) is 38.4 Å². The maximum atomic E-state index is 12.8. The fraction of sp³-hybridized carbons (Fsp3) is 0.294. The molecule has 5 nitrogen and oxygen atoms in total. The number of ether oxygens (including phenoxy) is 1. The molecule has 1 fully saturated rings. The van der Waals surface area contributed by atoms with E-state index in [1.54, 1.807) is 29.7 Å². The van der Waals surface area contributed by atoms with Gasteiger partial charge in [-0.05, 0) is 29.8 Å². The predicted molar refractivity (Wildman–Crippen MR) is 93.2 cm³/mol. The van der Waals surface area contributed by atoms with Crippen LogP contribution >= 0.6 is 11.3 Å². The van der Waals surface area contributed by atoms with Gasteiger partial charge in [0.05, 0.1) is 30.9 Å². The second-order valence-electron chi connectivity index (χ2n) is 5.37. The first-order valence-corrected chi connectivity index (χ1v) is 8.51. The molecule has 126 valence electrons. The lowest BCUT2D eigenvalue weighted by atomic mass is 10.1. The molecule has 1 aliphatic rings. The fourth-order valence-corrected chi connectivity index (χ4v) is 3.29. The molecule has 0 aliphatic carbocycles. The molecule has 0 bridgehead atoms. The summed E-state index contributed by atoms with van der Waals surface area (Å²) in [7, 11) is 0. The van der Waals surface area contributed by atoms with Crippen LogP contribution in [-0.2, 0) is 16.0 Å². The summed E-state index contributed by atoms with van der Waals surface area (Å²) in [5.74, 6) is -0.547. The fourth-order valence-electron chi connectivity index (χ4n) is 2.36. The number of anilines is 1. The summed E-state index contributed by atoms with van der Waals surface area (Å²) in [5.41, 5.74) is 3.24. The van der Waals surface area contributed by atoms with Crippen molar-refractivity contribution in [2.45, 2.75) is 6.42 Å². The Balaban J connectivity index is 1.49. The van der Waals surface area contributed by atoms with E-state index in [1.807, 2.05) is 6.07 Å². The summed E-state index contributed by atoms with van der Waals surface area (Å²) < 4.78 is 18.2. The number of morpholine rings is 1. The highest BCUT2D eigenvalue weighted by molar-refractivity contribution is 7.17. The van der Waals surface area contributed by atoms with E-state index in [-0.39, 0.29) is 18.1 Å². The number of carbonyl (C=O) groups is 1.